The predicted molar refractivity (Wildman–Crippen MR) is 116 cm³/mol. The second-order valence-corrected chi connectivity index (χ2v) is 7.89. The minimum absolute atomic E-state index is 0.677. The van der Waals surface area contributed by atoms with Gasteiger partial charge in [-0.05, 0) is 38.6 Å². The van der Waals surface area contributed by atoms with Crippen molar-refractivity contribution in [1.29, 1.82) is 0 Å². The van der Waals surface area contributed by atoms with E-state index in [0.717, 1.165) is 59.9 Å². The molecule has 4 aromatic heterocycles. The van der Waals surface area contributed by atoms with Gasteiger partial charge in [0.2, 0.25) is 5.95 Å². The average Bonchev–Trinajstić information content (AvgIpc) is 3.15. The van der Waals surface area contributed by atoms with Gasteiger partial charge in [-0.1, -0.05) is 6.07 Å². The molecule has 1 fully saturated rings. The quantitative estimate of drug-likeness (QED) is 0.523. The van der Waals surface area contributed by atoms with Gasteiger partial charge in [0.25, 0.3) is 0 Å². The minimum Gasteiger partial charge on any atom is -0.337 e. The second kappa shape index (κ2) is 7.46. The van der Waals surface area contributed by atoms with Crippen LogP contribution in [0.2, 0.25) is 0 Å². The van der Waals surface area contributed by atoms with Crippen LogP contribution in [-0.2, 0) is 0 Å². The van der Waals surface area contributed by atoms with E-state index < -0.39 is 0 Å². The van der Waals surface area contributed by atoms with Crippen molar-refractivity contribution in [3.63, 3.8) is 0 Å². The maximum absolute atomic E-state index is 4.60. The highest BCUT2D eigenvalue weighted by Crippen LogP contribution is 2.24. The number of fused-ring (bicyclic) bond motifs is 1. The molecule has 5 rings (SSSR count). The van der Waals surface area contributed by atoms with E-state index in [1.165, 1.54) is 0 Å². The number of nitrogens with zero attached hydrogens (tertiary/aromatic N) is 8. The summed E-state index contributed by atoms with van der Waals surface area (Å²) in [6.45, 7) is 7.95. The molecular formula is C22H24N8. The normalized spacial score (nSPS) is 15.1. The summed E-state index contributed by atoms with van der Waals surface area (Å²) in [5.74, 6) is 0.683. The van der Waals surface area contributed by atoms with Crippen molar-refractivity contribution in [2.24, 2.45) is 0 Å². The molecule has 1 saturated heterocycles. The Labute approximate surface area is 175 Å². The van der Waals surface area contributed by atoms with Gasteiger partial charge in [-0.2, -0.15) is 0 Å². The van der Waals surface area contributed by atoms with Crippen LogP contribution in [0.5, 0.6) is 0 Å². The van der Waals surface area contributed by atoms with Crippen molar-refractivity contribution in [1.82, 2.24) is 34.4 Å². The number of rotatable bonds is 3. The molecule has 0 aromatic carbocycles. The molecular weight excluding hydrogens is 376 g/mol. The fourth-order valence-corrected chi connectivity index (χ4v) is 3.80. The fourth-order valence-electron chi connectivity index (χ4n) is 3.80. The Balaban J connectivity index is 1.37. The van der Waals surface area contributed by atoms with Gasteiger partial charge >= 0.3 is 0 Å². The Bertz CT molecular complexity index is 1170. The van der Waals surface area contributed by atoms with E-state index in [-0.39, 0.29) is 0 Å². The first-order valence-corrected chi connectivity index (χ1v) is 10.1. The van der Waals surface area contributed by atoms with Crippen LogP contribution in [0.25, 0.3) is 28.2 Å². The highest BCUT2D eigenvalue weighted by Gasteiger charge is 2.17. The number of hydrogen-bond donors (Lipinski definition) is 0. The summed E-state index contributed by atoms with van der Waals surface area (Å²) in [6.07, 6.45) is 7.75. The number of likely N-dealkylation sites (N-methyl/N-ethyl adjacent to an activating group) is 1. The van der Waals surface area contributed by atoms with Gasteiger partial charge in [-0.15, -0.1) is 10.2 Å². The largest absolute Gasteiger partial charge is 0.337 e. The first-order chi connectivity index (χ1) is 14.6. The van der Waals surface area contributed by atoms with Crippen LogP contribution < -0.4 is 4.90 Å². The summed E-state index contributed by atoms with van der Waals surface area (Å²) in [5.41, 5.74) is 6.73. The highest BCUT2D eigenvalue weighted by molar-refractivity contribution is 5.68. The van der Waals surface area contributed by atoms with Crippen LogP contribution in [0.15, 0.2) is 43.0 Å². The third-order valence-electron chi connectivity index (χ3n) is 5.55. The Morgan fingerprint density at radius 1 is 0.833 bits per heavy atom. The molecule has 0 radical (unpaired) electrons. The number of hydrogen-bond acceptors (Lipinski definition) is 7. The molecule has 5 heterocycles. The van der Waals surface area contributed by atoms with Crippen molar-refractivity contribution in [2.45, 2.75) is 13.8 Å². The Morgan fingerprint density at radius 3 is 2.37 bits per heavy atom. The molecule has 30 heavy (non-hydrogen) atoms. The highest BCUT2D eigenvalue weighted by atomic mass is 15.4. The van der Waals surface area contributed by atoms with Crippen LogP contribution in [0.1, 0.15) is 11.3 Å². The lowest BCUT2D eigenvalue weighted by atomic mass is 10.1. The second-order valence-electron chi connectivity index (χ2n) is 7.89. The third-order valence-corrected chi connectivity index (χ3v) is 5.55. The molecule has 0 bridgehead atoms. The summed E-state index contributed by atoms with van der Waals surface area (Å²) in [6, 6.07) is 6.17. The van der Waals surface area contributed by atoms with Crippen molar-refractivity contribution in [3.05, 3.63) is 54.2 Å². The lowest BCUT2D eigenvalue weighted by Gasteiger charge is -2.31. The van der Waals surface area contributed by atoms with Crippen molar-refractivity contribution >= 4 is 11.6 Å². The van der Waals surface area contributed by atoms with Crippen LogP contribution >= 0.6 is 0 Å². The number of pyridine rings is 2. The van der Waals surface area contributed by atoms with Gasteiger partial charge in [-0.3, -0.25) is 4.98 Å². The van der Waals surface area contributed by atoms with E-state index in [1.54, 1.807) is 6.20 Å². The van der Waals surface area contributed by atoms with Gasteiger partial charge < -0.3 is 14.2 Å². The lowest BCUT2D eigenvalue weighted by molar-refractivity contribution is 0.311. The van der Waals surface area contributed by atoms with E-state index in [9.17, 15) is 0 Å². The summed E-state index contributed by atoms with van der Waals surface area (Å²) in [7, 11) is 2.13. The molecule has 0 atom stereocenters. The summed E-state index contributed by atoms with van der Waals surface area (Å²) >= 11 is 0. The Morgan fingerprint density at radius 2 is 1.67 bits per heavy atom. The smallest absolute Gasteiger partial charge is 0.245 e. The first kappa shape index (κ1) is 18.6. The number of aryl methyl sites for hydroxylation is 2. The molecule has 8 nitrogen and oxygen atoms in total. The molecule has 4 aromatic rings. The molecule has 152 valence electrons. The summed E-state index contributed by atoms with van der Waals surface area (Å²) in [5, 5.41) is 8.69. The predicted octanol–water partition coefficient (Wildman–Crippen LogP) is 2.62. The number of aromatic nitrogens is 6. The van der Waals surface area contributed by atoms with Gasteiger partial charge in [-0.25, -0.2) is 9.97 Å². The number of anilines is 1. The van der Waals surface area contributed by atoms with Crippen molar-refractivity contribution in [2.75, 3.05) is 38.1 Å². The Kier molecular flexibility index (Phi) is 4.63. The number of piperazine rings is 1. The van der Waals surface area contributed by atoms with E-state index in [1.807, 2.05) is 25.4 Å². The van der Waals surface area contributed by atoms with Crippen LogP contribution in [-0.4, -0.2) is 67.7 Å². The molecule has 0 aliphatic carbocycles. The fraction of sp³-hybridized carbons (Fsp3) is 0.318. The van der Waals surface area contributed by atoms with Crippen molar-refractivity contribution in [3.8, 4) is 22.5 Å². The third kappa shape index (κ3) is 3.50. The van der Waals surface area contributed by atoms with E-state index in [0.29, 0.717) is 11.6 Å². The molecule has 0 N–H and O–H groups in total. The monoisotopic (exact) mass is 400 g/mol. The summed E-state index contributed by atoms with van der Waals surface area (Å²) < 4.78 is 2.07. The summed E-state index contributed by atoms with van der Waals surface area (Å²) in [4.78, 5) is 18.2. The maximum Gasteiger partial charge on any atom is 0.245 e. The zero-order valence-corrected chi connectivity index (χ0v) is 17.4. The average molecular weight is 400 g/mol. The first-order valence-electron chi connectivity index (χ1n) is 10.1. The molecule has 1 aliphatic heterocycles. The topological polar surface area (TPSA) is 75.3 Å². The zero-order chi connectivity index (χ0) is 20.7. The molecule has 8 heteroatoms. The van der Waals surface area contributed by atoms with E-state index >= 15 is 0 Å². The van der Waals surface area contributed by atoms with Crippen LogP contribution in [0, 0.1) is 13.8 Å². The Hall–Kier alpha value is -3.39. The molecule has 0 saturated carbocycles. The van der Waals surface area contributed by atoms with E-state index in [4.69, 9.17) is 0 Å². The van der Waals surface area contributed by atoms with Gasteiger partial charge in [0.15, 0.2) is 0 Å². The van der Waals surface area contributed by atoms with Crippen LogP contribution in [0.4, 0.5) is 5.95 Å². The van der Waals surface area contributed by atoms with Gasteiger partial charge in [0, 0.05) is 55.9 Å². The SMILES string of the molecule is Cc1cn2cc(-c3ccc(-c4cnc(N5CCN(C)CC5)nn4)nc3)cc(C)c2n1. The standard InChI is InChI=1S/C22H24N8/c1-15-10-18(14-30-13-16(2)25-21(15)30)17-4-5-19(23-11-17)20-12-24-22(27-26-20)29-8-6-28(3)7-9-29/h4-5,10-14H,6-9H2,1-3H3. The van der Waals surface area contributed by atoms with Gasteiger partial charge in [0.05, 0.1) is 17.6 Å². The van der Waals surface area contributed by atoms with Crippen LogP contribution in [0.3, 0.4) is 0 Å². The zero-order valence-electron chi connectivity index (χ0n) is 17.4. The lowest BCUT2D eigenvalue weighted by Crippen LogP contribution is -2.45. The van der Waals surface area contributed by atoms with E-state index in [2.05, 4.69) is 71.7 Å². The molecule has 0 amide bonds. The molecule has 0 spiro atoms. The number of imidazole rings is 1. The van der Waals surface area contributed by atoms with Gasteiger partial charge in [0.1, 0.15) is 11.3 Å². The maximum atomic E-state index is 4.60. The van der Waals surface area contributed by atoms with Crippen molar-refractivity contribution < 1.29 is 0 Å². The molecule has 0 unspecified atom stereocenters. The minimum atomic E-state index is 0.677. The molecule has 1 aliphatic rings.